The third-order valence-corrected chi connectivity index (χ3v) is 4.72. The van der Waals surface area contributed by atoms with Gasteiger partial charge in [0.2, 0.25) is 0 Å². The second-order valence-corrected chi connectivity index (χ2v) is 6.99. The van der Waals surface area contributed by atoms with Crippen molar-refractivity contribution < 1.29 is 4.79 Å². The highest BCUT2D eigenvalue weighted by Gasteiger charge is 2.10. The molecule has 0 saturated carbocycles. The number of pyridine rings is 1. The van der Waals surface area contributed by atoms with Crippen molar-refractivity contribution in [1.29, 1.82) is 0 Å². The molecule has 0 aliphatic heterocycles. The van der Waals surface area contributed by atoms with Crippen LogP contribution in [0.2, 0.25) is 10.0 Å². The number of hydrogen-bond acceptors (Lipinski definition) is 3. The van der Waals surface area contributed by atoms with Gasteiger partial charge in [0.25, 0.3) is 5.91 Å². The van der Waals surface area contributed by atoms with Crippen LogP contribution in [0.4, 0.5) is 5.69 Å². The summed E-state index contributed by atoms with van der Waals surface area (Å²) in [7, 11) is 0. The lowest BCUT2D eigenvalue weighted by Gasteiger charge is -2.11. The topological polar surface area (TPSA) is 54.0 Å². The number of amides is 1. The number of hydrogen-bond donors (Lipinski definition) is 2. The summed E-state index contributed by atoms with van der Waals surface area (Å²) in [4.78, 5) is 16.2. The Hall–Kier alpha value is -2.47. The number of rotatable bonds is 4. The number of nitrogens with one attached hydrogen (secondary N) is 2. The monoisotopic (exact) mass is 415 g/mol. The summed E-state index contributed by atoms with van der Waals surface area (Å²) >= 11 is 17.0. The molecule has 0 aliphatic carbocycles. The normalized spacial score (nSPS) is 10.3. The first-order valence-corrected chi connectivity index (χ1v) is 9.23. The number of nitrogens with zero attached hydrogens (tertiary/aromatic N) is 1. The standard InChI is InChI=1S/C20H15Cl2N3OS/c21-17-6-3-15(12-18(17)22)19(26)25-20(27)24-16-4-1-13(2-5-16)11-14-7-9-23-10-8-14/h1-10,12H,11H2,(H2,24,25,26,27). The Kier molecular flexibility index (Phi) is 6.40. The molecule has 1 amide bonds. The van der Waals surface area contributed by atoms with Gasteiger partial charge in [0.1, 0.15) is 0 Å². The van der Waals surface area contributed by atoms with Crippen molar-refractivity contribution >= 4 is 52.1 Å². The number of benzene rings is 2. The Bertz CT molecular complexity index is 963. The zero-order valence-corrected chi connectivity index (χ0v) is 16.4. The van der Waals surface area contributed by atoms with Crippen LogP contribution in [0.3, 0.4) is 0 Å². The third-order valence-electron chi connectivity index (χ3n) is 3.78. The summed E-state index contributed by atoms with van der Waals surface area (Å²) in [5, 5.41) is 6.51. The van der Waals surface area contributed by atoms with Crippen molar-refractivity contribution in [2.45, 2.75) is 6.42 Å². The maximum absolute atomic E-state index is 12.2. The van der Waals surface area contributed by atoms with Gasteiger partial charge in [-0.1, -0.05) is 35.3 Å². The van der Waals surface area contributed by atoms with Gasteiger partial charge in [0.15, 0.2) is 5.11 Å². The molecule has 1 aromatic heterocycles. The summed E-state index contributed by atoms with van der Waals surface area (Å²) in [5.41, 5.74) is 3.52. The van der Waals surface area contributed by atoms with Crippen LogP contribution in [0.15, 0.2) is 67.0 Å². The zero-order chi connectivity index (χ0) is 19.2. The van der Waals surface area contributed by atoms with Gasteiger partial charge in [0.05, 0.1) is 10.0 Å². The zero-order valence-electron chi connectivity index (χ0n) is 14.1. The average molecular weight is 416 g/mol. The van der Waals surface area contributed by atoms with Gasteiger partial charge in [-0.15, -0.1) is 0 Å². The predicted octanol–water partition coefficient (Wildman–Crippen LogP) is 5.11. The van der Waals surface area contributed by atoms with Crippen molar-refractivity contribution in [1.82, 2.24) is 10.3 Å². The molecule has 0 radical (unpaired) electrons. The van der Waals surface area contributed by atoms with E-state index in [0.29, 0.717) is 15.6 Å². The van der Waals surface area contributed by atoms with Gasteiger partial charge >= 0.3 is 0 Å². The quantitative estimate of drug-likeness (QED) is 0.581. The maximum atomic E-state index is 12.2. The molecular weight excluding hydrogens is 401 g/mol. The van der Waals surface area contributed by atoms with Crippen molar-refractivity contribution in [2.24, 2.45) is 0 Å². The van der Waals surface area contributed by atoms with Crippen molar-refractivity contribution in [3.05, 3.63) is 93.7 Å². The van der Waals surface area contributed by atoms with E-state index in [9.17, 15) is 4.79 Å². The van der Waals surface area contributed by atoms with Crippen LogP contribution in [-0.2, 0) is 6.42 Å². The SMILES string of the molecule is O=C(NC(=S)Nc1ccc(Cc2ccncc2)cc1)c1ccc(Cl)c(Cl)c1. The molecule has 0 atom stereocenters. The van der Waals surface area contributed by atoms with Gasteiger partial charge in [-0.2, -0.15) is 0 Å². The van der Waals surface area contributed by atoms with Crippen molar-refractivity contribution in [2.75, 3.05) is 5.32 Å². The van der Waals surface area contributed by atoms with Gasteiger partial charge in [-0.3, -0.25) is 15.1 Å². The van der Waals surface area contributed by atoms with E-state index in [2.05, 4.69) is 15.6 Å². The van der Waals surface area contributed by atoms with E-state index < -0.39 is 0 Å². The molecule has 2 aromatic carbocycles. The van der Waals surface area contributed by atoms with E-state index >= 15 is 0 Å². The summed E-state index contributed by atoms with van der Waals surface area (Å²) in [6.45, 7) is 0. The Morgan fingerprint density at radius 1 is 0.926 bits per heavy atom. The molecular formula is C20H15Cl2N3OS. The van der Waals surface area contributed by atoms with Gasteiger partial charge in [-0.25, -0.2) is 0 Å². The van der Waals surface area contributed by atoms with E-state index in [4.69, 9.17) is 35.4 Å². The minimum absolute atomic E-state index is 0.202. The van der Waals surface area contributed by atoms with Crippen LogP contribution in [0.25, 0.3) is 0 Å². The smallest absolute Gasteiger partial charge is 0.257 e. The van der Waals surface area contributed by atoms with E-state index in [1.807, 2.05) is 36.4 Å². The molecule has 0 aliphatic rings. The lowest BCUT2D eigenvalue weighted by molar-refractivity contribution is 0.0977. The first-order chi connectivity index (χ1) is 13.0. The van der Waals surface area contributed by atoms with Gasteiger partial charge in [-0.05, 0) is 72.2 Å². The predicted molar refractivity (Wildman–Crippen MR) is 114 cm³/mol. The van der Waals surface area contributed by atoms with E-state index in [0.717, 1.165) is 17.7 Å². The minimum atomic E-state index is -0.361. The highest BCUT2D eigenvalue weighted by Crippen LogP contribution is 2.22. The molecule has 136 valence electrons. The second kappa shape index (κ2) is 8.95. The molecule has 4 nitrogen and oxygen atoms in total. The summed E-state index contributed by atoms with van der Waals surface area (Å²) < 4.78 is 0. The average Bonchev–Trinajstić information content (AvgIpc) is 2.66. The van der Waals surface area contributed by atoms with Gasteiger partial charge in [0, 0.05) is 23.6 Å². The Morgan fingerprint density at radius 2 is 1.59 bits per heavy atom. The Morgan fingerprint density at radius 3 is 2.26 bits per heavy atom. The first-order valence-electron chi connectivity index (χ1n) is 8.06. The summed E-state index contributed by atoms with van der Waals surface area (Å²) in [6.07, 6.45) is 4.38. The largest absolute Gasteiger partial charge is 0.332 e. The van der Waals surface area contributed by atoms with Crippen LogP contribution < -0.4 is 10.6 Å². The molecule has 7 heteroatoms. The van der Waals surface area contributed by atoms with Crippen LogP contribution in [0, 0.1) is 0 Å². The fourth-order valence-corrected chi connectivity index (χ4v) is 2.93. The van der Waals surface area contributed by atoms with Crippen LogP contribution in [0.5, 0.6) is 0 Å². The molecule has 0 unspecified atom stereocenters. The second-order valence-electron chi connectivity index (χ2n) is 5.77. The van der Waals surface area contributed by atoms with Gasteiger partial charge < -0.3 is 5.32 Å². The number of carbonyl (C=O) groups is 1. The Labute approximate surface area is 172 Å². The van der Waals surface area contributed by atoms with E-state index in [1.165, 1.54) is 11.6 Å². The summed E-state index contributed by atoms with van der Waals surface area (Å²) in [5.74, 6) is -0.361. The maximum Gasteiger partial charge on any atom is 0.257 e. The third kappa shape index (κ3) is 5.50. The first kappa shape index (κ1) is 19.3. The van der Waals surface area contributed by atoms with Crippen molar-refractivity contribution in [3.63, 3.8) is 0 Å². The Balaban J connectivity index is 1.57. The summed E-state index contributed by atoms with van der Waals surface area (Å²) in [6, 6.07) is 16.5. The number of thiocarbonyl (C=S) groups is 1. The molecule has 0 spiro atoms. The molecule has 0 saturated heterocycles. The molecule has 3 rings (SSSR count). The van der Waals surface area contributed by atoms with Crippen LogP contribution in [-0.4, -0.2) is 16.0 Å². The molecule has 2 N–H and O–H groups in total. The number of halogens is 2. The fraction of sp³-hybridized carbons (Fsp3) is 0.0500. The van der Waals surface area contributed by atoms with Crippen molar-refractivity contribution in [3.8, 4) is 0 Å². The number of aromatic nitrogens is 1. The molecule has 1 heterocycles. The highest BCUT2D eigenvalue weighted by atomic mass is 35.5. The molecule has 27 heavy (non-hydrogen) atoms. The highest BCUT2D eigenvalue weighted by molar-refractivity contribution is 7.80. The van der Waals surface area contributed by atoms with Crippen LogP contribution in [0.1, 0.15) is 21.5 Å². The fourth-order valence-electron chi connectivity index (χ4n) is 2.42. The lowest BCUT2D eigenvalue weighted by Crippen LogP contribution is -2.34. The molecule has 3 aromatic rings. The number of anilines is 1. The minimum Gasteiger partial charge on any atom is -0.332 e. The van der Waals surface area contributed by atoms with Crippen LogP contribution >= 0.6 is 35.4 Å². The number of carbonyl (C=O) groups excluding carboxylic acids is 1. The van der Waals surface area contributed by atoms with E-state index in [-0.39, 0.29) is 11.0 Å². The lowest BCUT2D eigenvalue weighted by atomic mass is 10.1. The molecule has 0 bridgehead atoms. The molecule has 0 fully saturated rings. The van der Waals surface area contributed by atoms with E-state index in [1.54, 1.807) is 24.5 Å².